The van der Waals surface area contributed by atoms with E-state index >= 15 is 0 Å². The number of pyridine rings is 1. The van der Waals surface area contributed by atoms with Gasteiger partial charge in [0.2, 0.25) is 0 Å². The minimum absolute atomic E-state index is 0.00635. The van der Waals surface area contributed by atoms with Crippen LogP contribution >= 0.6 is 0 Å². The lowest BCUT2D eigenvalue weighted by Crippen LogP contribution is -2.46. The first-order chi connectivity index (χ1) is 9.61. The molecule has 1 amide bonds. The van der Waals surface area contributed by atoms with E-state index in [0.717, 1.165) is 12.8 Å². The van der Waals surface area contributed by atoms with E-state index in [-0.39, 0.29) is 17.5 Å². The molecular formula is C15H23N3O2. The summed E-state index contributed by atoms with van der Waals surface area (Å²) in [4.78, 5) is 23.8. The molecule has 1 aromatic rings. The lowest BCUT2D eigenvalue weighted by Gasteiger charge is -2.30. The lowest BCUT2D eigenvalue weighted by atomic mass is 9.84. The molecule has 1 unspecified atom stereocenters. The molecule has 1 aliphatic carbocycles. The molecular weight excluding hydrogens is 254 g/mol. The molecule has 1 atom stereocenters. The predicted molar refractivity (Wildman–Crippen MR) is 78.6 cm³/mol. The highest BCUT2D eigenvalue weighted by molar-refractivity contribution is 5.94. The third kappa shape index (κ3) is 3.48. The number of nitrogens with two attached hydrogens (primary N) is 1. The van der Waals surface area contributed by atoms with Crippen molar-refractivity contribution in [2.75, 3.05) is 6.54 Å². The maximum atomic E-state index is 12.2. The topological polar surface area (TPSA) is 77.1 Å². The number of hydrogen-bond donors (Lipinski definition) is 2. The summed E-state index contributed by atoms with van der Waals surface area (Å²) in [6.45, 7) is 0.446. The zero-order valence-electron chi connectivity index (χ0n) is 12.0. The van der Waals surface area contributed by atoms with Crippen LogP contribution in [0.15, 0.2) is 23.1 Å². The third-order valence-electron chi connectivity index (χ3n) is 4.16. The molecule has 20 heavy (non-hydrogen) atoms. The molecule has 1 heterocycles. The van der Waals surface area contributed by atoms with Gasteiger partial charge in [0, 0.05) is 37.5 Å². The molecule has 5 nitrogen and oxygen atoms in total. The molecule has 0 saturated heterocycles. The Morgan fingerprint density at radius 2 is 2.15 bits per heavy atom. The predicted octanol–water partition coefficient (Wildman–Crippen LogP) is 1.02. The average molecular weight is 277 g/mol. The van der Waals surface area contributed by atoms with Crippen LogP contribution in [-0.2, 0) is 7.05 Å². The Kier molecular flexibility index (Phi) is 4.95. The zero-order valence-corrected chi connectivity index (χ0v) is 12.0. The minimum Gasteiger partial charge on any atom is -0.348 e. The van der Waals surface area contributed by atoms with E-state index in [0.29, 0.717) is 18.0 Å². The molecule has 1 aromatic heterocycles. The Bertz CT molecular complexity index is 518. The molecule has 110 valence electrons. The Morgan fingerprint density at radius 3 is 2.75 bits per heavy atom. The van der Waals surface area contributed by atoms with Gasteiger partial charge in [0.25, 0.3) is 11.5 Å². The Hall–Kier alpha value is -1.62. The van der Waals surface area contributed by atoms with Crippen LogP contribution in [0.3, 0.4) is 0 Å². The van der Waals surface area contributed by atoms with Crippen LogP contribution in [0.1, 0.15) is 42.5 Å². The average Bonchev–Trinajstić information content (AvgIpc) is 2.48. The summed E-state index contributed by atoms with van der Waals surface area (Å²) in [6, 6.07) is 3.03. The van der Waals surface area contributed by atoms with Crippen molar-refractivity contribution in [2.24, 2.45) is 18.7 Å². The van der Waals surface area contributed by atoms with Crippen LogP contribution < -0.4 is 16.6 Å². The van der Waals surface area contributed by atoms with Crippen molar-refractivity contribution in [3.05, 3.63) is 34.2 Å². The van der Waals surface area contributed by atoms with Crippen molar-refractivity contribution in [3.63, 3.8) is 0 Å². The van der Waals surface area contributed by atoms with Gasteiger partial charge in [-0.2, -0.15) is 0 Å². The van der Waals surface area contributed by atoms with Crippen molar-refractivity contribution < 1.29 is 4.79 Å². The second-order valence-corrected chi connectivity index (χ2v) is 5.58. The molecule has 1 saturated carbocycles. The van der Waals surface area contributed by atoms with Crippen molar-refractivity contribution in [3.8, 4) is 0 Å². The fourth-order valence-electron chi connectivity index (χ4n) is 2.85. The van der Waals surface area contributed by atoms with Crippen LogP contribution in [0.25, 0.3) is 0 Å². The summed E-state index contributed by atoms with van der Waals surface area (Å²) in [7, 11) is 1.66. The summed E-state index contributed by atoms with van der Waals surface area (Å²) in [6.07, 6.45) is 7.55. The number of hydrogen-bond acceptors (Lipinski definition) is 3. The van der Waals surface area contributed by atoms with E-state index in [1.807, 2.05) is 0 Å². The highest BCUT2D eigenvalue weighted by Crippen LogP contribution is 2.26. The van der Waals surface area contributed by atoms with Gasteiger partial charge in [-0.1, -0.05) is 19.3 Å². The highest BCUT2D eigenvalue weighted by atomic mass is 16.2. The number of amides is 1. The van der Waals surface area contributed by atoms with Gasteiger partial charge in [0.05, 0.1) is 0 Å². The number of carbonyl (C=O) groups is 1. The number of nitrogens with zero attached hydrogens (tertiary/aromatic N) is 1. The summed E-state index contributed by atoms with van der Waals surface area (Å²) in [5.74, 6) is 0.257. The van der Waals surface area contributed by atoms with Crippen LogP contribution in [-0.4, -0.2) is 23.1 Å². The van der Waals surface area contributed by atoms with Crippen LogP contribution in [0.2, 0.25) is 0 Å². The fourth-order valence-corrected chi connectivity index (χ4v) is 2.85. The second kappa shape index (κ2) is 6.70. The van der Waals surface area contributed by atoms with Gasteiger partial charge < -0.3 is 15.6 Å². The SMILES string of the molecule is Cn1ccc(C(=O)NC(CN)C2CCCCC2)cc1=O. The van der Waals surface area contributed by atoms with Crippen molar-refractivity contribution >= 4 is 5.91 Å². The van der Waals surface area contributed by atoms with Gasteiger partial charge in [-0.15, -0.1) is 0 Å². The van der Waals surface area contributed by atoms with Crippen molar-refractivity contribution in [2.45, 2.75) is 38.1 Å². The second-order valence-electron chi connectivity index (χ2n) is 5.58. The molecule has 5 heteroatoms. The number of carbonyl (C=O) groups excluding carboxylic acids is 1. The van der Waals surface area contributed by atoms with Crippen LogP contribution in [0.5, 0.6) is 0 Å². The number of rotatable bonds is 4. The summed E-state index contributed by atoms with van der Waals surface area (Å²) >= 11 is 0. The quantitative estimate of drug-likeness (QED) is 0.862. The van der Waals surface area contributed by atoms with Gasteiger partial charge >= 0.3 is 0 Å². The van der Waals surface area contributed by atoms with E-state index in [1.54, 1.807) is 19.3 Å². The van der Waals surface area contributed by atoms with Gasteiger partial charge in [0.1, 0.15) is 0 Å². The first kappa shape index (κ1) is 14.8. The first-order valence-electron chi connectivity index (χ1n) is 7.29. The Balaban J connectivity index is 2.04. The van der Waals surface area contributed by atoms with Crippen LogP contribution in [0.4, 0.5) is 0 Å². The third-order valence-corrected chi connectivity index (χ3v) is 4.16. The highest BCUT2D eigenvalue weighted by Gasteiger charge is 2.24. The number of aromatic nitrogens is 1. The molecule has 3 N–H and O–H groups in total. The molecule has 0 bridgehead atoms. The molecule has 0 aromatic carbocycles. The fraction of sp³-hybridized carbons (Fsp3) is 0.600. The minimum atomic E-state index is -0.205. The number of nitrogens with one attached hydrogen (secondary N) is 1. The molecule has 0 spiro atoms. The van der Waals surface area contributed by atoms with E-state index in [4.69, 9.17) is 5.73 Å². The van der Waals surface area contributed by atoms with E-state index in [2.05, 4.69) is 5.32 Å². The zero-order chi connectivity index (χ0) is 14.5. The molecule has 1 aliphatic rings. The molecule has 2 rings (SSSR count). The van der Waals surface area contributed by atoms with Gasteiger partial charge in [0.15, 0.2) is 0 Å². The maximum absolute atomic E-state index is 12.2. The van der Waals surface area contributed by atoms with Crippen LogP contribution in [0, 0.1) is 5.92 Å². The lowest BCUT2D eigenvalue weighted by molar-refractivity contribution is 0.0915. The Labute approximate surface area is 119 Å². The smallest absolute Gasteiger partial charge is 0.251 e. The molecule has 0 radical (unpaired) electrons. The van der Waals surface area contributed by atoms with Gasteiger partial charge in [-0.05, 0) is 24.8 Å². The first-order valence-corrected chi connectivity index (χ1v) is 7.29. The van der Waals surface area contributed by atoms with Crippen molar-refractivity contribution in [1.29, 1.82) is 0 Å². The largest absolute Gasteiger partial charge is 0.348 e. The van der Waals surface area contributed by atoms with Gasteiger partial charge in [-0.3, -0.25) is 9.59 Å². The normalized spacial score (nSPS) is 17.7. The Morgan fingerprint density at radius 1 is 1.45 bits per heavy atom. The molecule has 1 fully saturated rings. The van der Waals surface area contributed by atoms with E-state index in [9.17, 15) is 9.59 Å². The van der Waals surface area contributed by atoms with E-state index in [1.165, 1.54) is 29.9 Å². The summed E-state index contributed by atoms with van der Waals surface area (Å²) < 4.78 is 1.44. The molecule has 0 aliphatic heterocycles. The van der Waals surface area contributed by atoms with Crippen molar-refractivity contribution in [1.82, 2.24) is 9.88 Å². The maximum Gasteiger partial charge on any atom is 0.251 e. The standard InChI is InChI=1S/C15H23N3O2/c1-18-8-7-12(9-14(18)19)15(20)17-13(10-16)11-5-3-2-4-6-11/h7-9,11,13H,2-6,10,16H2,1H3,(H,17,20). The monoisotopic (exact) mass is 277 g/mol. The summed E-state index contributed by atoms with van der Waals surface area (Å²) in [5, 5.41) is 2.99. The van der Waals surface area contributed by atoms with E-state index < -0.39 is 0 Å². The summed E-state index contributed by atoms with van der Waals surface area (Å²) in [5.41, 5.74) is 6.03. The van der Waals surface area contributed by atoms with Gasteiger partial charge in [-0.25, -0.2) is 0 Å². The number of aryl methyl sites for hydroxylation is 1.